The fourth-order valence-corrected chi connectivity index (χ4v) is 2.91. The first kappa shape index (κ1) is 17.6. The number of aromatic nitrogens is 2. The molecule has 9 heteroatoms. The first-order valence-electron chi connectivity index (χ1n) is 8.22. The zero-order valence-electron chi connectivity index (χ0n) is 14.3. The second kappa shape index (κ2) is 7.34. The molecule has 1 aliphatic rings. The van der Waals surface area contributed by atoms with Crippen LogP contribution in [-0.4, -0.2) is 40.0 Å². The van der Waals surface area contributed by atoms with E-state index in [4.69, 9.17) is 10.5 Å². The maximum absolute atomic E-state index is 11.2. The third-order valence-electron chi connectivity index (χ3n) is 4.32. The molecule has 1 aliphatic heterocycles. The van der Waals surface area contributed by atoms with E-state index in [1.165, 1.54) is 18.5 Å². The van der Waals surface area contributed by atoms with Crippen molar-refractivity contribution in [3.05, 3.63) is 52.0 Å². The highest BCUT2D eigenvalue weighted by molar-refractivity contribution is 5.91. The molecule has 1 amide bonds. The molecular formula is C17H19N5O4. The molecule has 0 atom stereocenters. The molecular weight excluding hydrogens is 338 g/mol. The van der Waals surface area contributed by atoms with E-state index in [0.717, 1.165) is 31.7 Å². The molecule has 0 radical (unpaired) electrons. The van der Waals surface area contributed by atoms with Gasteiger partial charge in [0.25, 0.3) is 11.6 Å². The molecule has 26 heavy (non-hydrogen) atoms. The fourth-order valence-electron chi connectivity index (χ4n) is 2.91. The Morgan fingerprint density at radius 3 is 2.69 bits per heavy atom. The van der Waals surface area contributed by atoms with E-state index in [1.807, 2.05) is 0 Å². The van der Waals surface area contributed by atoms with Crippen LogP contribution in [0.4, 0.5) is 11.5 Å². The lowest BCUT2D eigenvalue weighted by Crippen LogP contribution is -2.38. The van der Waals surface area contributed by atoms with Gasteiger partial charge in [-0.05, 0) is 19.1 Å². The third kappa shape index (κ3) is 3.88. The summed E-state index contributed by atoms with van der Waals surface area (Å²) in [6.45, 7) is 3.16. The highest BCUT2D eigenvalue weighted by Crippen LogP contribution is 2.25. The number of nitrogens with zero attached hydrogens (tertiary/aromatic N) is 4. The van der Waals surface area contributed by atoms with Gasteiger partial charge in [0, 0.05) is 43.8 Å². The van der Waals surface area contributed by atoms with Crippen molar-refractivity contribution in [1.82, 2.24) is 9.97 Å². The van der Waals surface area contributed by atoms with Crippen molar-refractivity contribution in [3.8, 4) is 5.75 Å². The van der Waals surface area contributed by atoms with Gasteiger partial charge in [0.2, 0.25) is 0 Å². The predicted octanol–water partition coefficient (Wildman–Crippen LogP) is 1.84. The second-order valence-corrected chi connectivity index (χ2v) is 6.13. The number of nitro groups is 1. The van der Waals surface area contributed by atoms with Crippen molar-refractivity contribution in [2.24, 2.45) is 5.73 Å². The summed E-state index contributed by atoms with van der Waals surface area (Å²) in [5.74, 6) is 0.702. The largest absolute Gasteiger partial charge is 0.490 e. The quantitative estimate of drug-likeness (QED) is 0.639. The molecule has 3 heterocycles. The molecule has 0 saturated carbocycles. The van der Waals surface area contributed by atoms with E-state index in [-0.39, 0.29) is 17.5 Å². The summed E-state index contributed by atoms with van der Waals surface area (Å²) in [6, 6.07) is 4.97. The number of nitrogens with two attached hydrogens (primary N) is 1. The summed E-state index contributed by atoms with van der Waals surface area (Å²) in [4.78, 5) is 31.8. The lowest BCUT2D eigenvalue weighted by atomic mass is 10.1. The van der Waals surface area contributed by atoms with Crippen molar-refractivity contribution in [2.75, 3.05) is 18.0 Å². The Labute approximate surface area is 150 Å². The molecule has 0 aliphatic carbocycles. The number of aryl methyl sites for hydroxylation is 1. The van der Waals surface area contributed by atoms with Crippen molar-refractivity contribution in [3.63, 3.8) is 0 Å². The van der Waals surface area contributed by atoms with Crippen molar-refractivity contribution < 1.29 is 14.5 Å². The minimum atomic E-state index is -0.593. The van der Waals surface area contributed by atoms with Gasteiger partial charge >= 0.3 is 0 Å². The van der Waals surface area contributed by atoms with Gasteiger partial charge in [0.1, 0.15) is 29.6 Å². The van der Waals surface area contributed by atoms with Crippen LogP contribution >= 0.6 is 0 Å². The van der Waals surface area contributed by atoms with Gasteiger partial charge in [0.15, 0.2) is 0 Å². The number of carbonyl (C=O) groups excluding carboxylic acids is 1. The molecule has 1 fully saturated rings. The van der Waals surface area contributed by atoms with Crippen molar-refractivity contribution in [1.29, 1.82) is 0 Å². The van der Waals surface area contributed by atoms with Gasteiger partial charge in [-0.1, -0.05) is 0 Å². The number of rotatable bonds is 5. The smallest absolute Gasteiger partial charge is 0.290 e. The highest BCUT2D eigenvalue weighted by atomic mass is 16.6. The number of anilines is 1. The Balaban J connectivity index is 1.61. The van der Waals surface area contributed by atoms with Gasteiger partial charge in [-0.3, -0.25) is 19.9 Å². The zero-order chi connectivity index (χ0) is 18.7. The molecule has 0 bridgehead atoms. The zero-order valence-corrected chi connectivity index (χ0v) is 14.3. The Morgan fingerprint density at radius 1 is 1.35 bits per heavy atom. The van der Waals surface area contributed by atoms with Crippen LogP contribution in [0, 0.1) is 17.0 Å². The molecule has 136 valence electrons. The summed E-state index contributed by atoms with van der Waals surface area (Å²) >= 11 is 0. The van der Waals surface area contributed by atoms with Crippen LogP contribution in [0.5, 0.6) is 5.75 Å². The molecule has 0 aromatic carbocycles. The lowest BCUT2D eigenvalue weighted by Gasteiger charge is -2.33. The Kier molecular flexibility index (Phi) is 4.97. The standard InChI is InChI=1S/C17H19N5O4/c1-11-8-16(20-10-15(11)22(24)25)21-6-3-12(4-7-21)26-13-2-5-19-14(9-13)17(18)23/h2,5,8-10,12H,3-4,6-7H2,1H3,(H2,18,23). The molecule has 0 unspecified atom stereocenters. The Morgan fingerprint density at radius 2 is 2.08 bits per heavy atom. The number of carbonyl (C=O) groups is 1. The number of piperidine rings is 1. The molecule has 9 nitrogen and oxygen atoms in total. The topological polar surface area (TPSA) is 124 Å². The van der Waals surface area contributed by atoms with Gasteiger partial charge in [0.05, 0.1) is 4.92 Å². The van der Waals surface area contributed by atoms with E-state index < -0.39 is 10.8 Å². The number of pyridine rings is 2. The van der Waals surface area contributed by atoms with E-state index in [0.29, 0.717) is 11.3 Å². The van der Waals surface area contributed by atoms with Crippen LogP contribution in [0.2, 0.25) is 0 Å². The maximum atomic E-state index is 11.2. The number of ether oxygens (including phenoxy) is 1. The molecule has 2 aromatic heterocycles. The highest BCUT2D eigenvalue weighted by Gasteiger charge is 2.23. The summed E-state index contributed by atoms with van der Waals surface area (Å²) in [5, 5.41) is 10.9. The van der Waals surface area contributed by atoms with E-state index in [9.17, 15) is 14.9 Å². The summed E-state index contributed by atoms with van der Waals surface area (Å²) in [7, 11) is 0. The minimum absolute atomic E-state index is 0.00789. The van der Waals surface area contributed by atoms with E-state index in [1.54, 1.807) is 19.1 Å². The van der Waals surface area contributed by atoms with Gasteiger partial charge in [-0.25, -0.2) is 4.98 Å². The molecule has 0 spiro atoms. The second-order valence-electron chi connectivity index (χ2n) is 6.13. The summed E-state index contributed by atoms with van der Waals surface area (Å²) in [5.41, 5.74) is 6.01. The Bertz CT molecular complexity index is 834. The van der Waals surface area contributed by atoms with Crippen molar-refractivity contribution in [2.45, 2.75) is 25.9 Å². The normalized spacial score (nSPS) is 14.9. The van der Waals surface area contributed by atoms with Gasteiger partial charge in [-0.2, -0.15) is 0 Å². The molecule has 2 N–H and O–H groups in total. The van der Waals surface area contributed by atoms with Crippen molar-refractivity contribution >= 4 is 17.4 Å². The lowest BCUT2D eigenvalue weighted by molar-refractivity contribution is -0.385. The first-order valence-corrected chi connectivity index (χ1v) is 8.22. The summed E-state index contributed by atoms with van der Waals surface area (Å²) < 4.78 is 5.92. The van der Waals surface area contributed by atoms with Crippen LogP contribution in [0.1, 0.15) is 28.9 Å². The molecule has 3 rings (SSSR count). The molecule has 2 aromatic rings. The SMILES string of the molecule is Cc1cc(N2CCC(Oc3ccnc(C(N)=O)c3)CC2)ncc1[N+](=O)[O-]. The molecule has 1 saturated heterocycles. The van der Waals surface area contributed by atoms with Crippen LogP contribution in [0.15, 0.2) is 30.6 Å². The minimum Gasteiger partial charge on any atom is -0.490 e. The van der Waals surface area contributed by atoms with Crippen LogP contribution in [0.3, 0.4) is 0 Å². The number of hydrogen-bond donors (Lipinski definition) is 1. The third-order valence-corrected chi connectivity index (χ3v) is 4.32. The average Bonchev–Trinajstić information content (AvgIpc) is 2.62. The predicted molar refractivity (Wildman–Crippen MR) is 94.2 cm³/mol. The first-order chi connectivity index (χ1) is 12.4. The fraction of sp³-hybridized carbons (Fsp3) is 0.353. The van der Waals surface area contributed by atoms with Crippen LogP contribution in [0.25, 0.3) is 0 Å². The number of amides is 1. The van der Waals surface area contributed by atoms with Gasteiger partial charge in [-0.15, -0.1) is 0 Å². The van der Waals surface area contributed by atoms with E-state index >= 15 is 0 Å². The Hall–Kier alpha value is -3.23. The maximum Gasteiger partial charge on any atom is 0.290 e. The van der Waals surface area contributed by atoms with Crippen LogP contribution < -0.4 is 15.4 Å². The summed E-state index contributed by atoms with van der Waals surface area (Å²) in [6.07, 6.45) is 4.34. The average molecular weight is 357 g/mol. The van der Waals surface area contributed by atoms with E-state index in [2.05, 4.69) is 14.9 Å². The number of hydrogen-bond acceptors (Lipinski definition) is 7. The van der Waals surface area contributed by atoms with Gasteiger partial charge < -0.3 is 15.4 Å². The van der Waals surface area contributed by atoms with Crippen LogP contribution in [-0.2, 0) is 0 Å². The number of primary amides is 1. The monoisotopic (exact) mass is 357 g/mol.